The molecule has 1 aliphatic rings. The van der Waals surface area contributed by atoms with Gasteiger partial charge in [0.05, 0.1) is 11.9 Å². The summed E-state index contributed by atoms with van der Waals surface area (Å²) in [5.41, 5.74) is 6.44. The number of nitrogens with one attached hydrogen (secondary N) is 1. The van der Waals surface area contributed by atoms with E-state index in [4.69, 9.17) is 0 Å². The molecule has 3 nitrogen and oxygen atoms in total. The molecule has 0 aliphatic carbocycles. The van der Waals surface area contributed by atoms with Gasteiger partial charge in [-0.3, -0.25) is 0 Å². The van der Waals surface area contributed by atoms with E-state index in [1.165, 1.54) is 0 Å². The Hall–Kier alpha value is -2.91. The molecule has 1 aliphatic heterocycles. The van der Waals surface area contributed by atoms with Crippen molar-refractivity contribution in [2.75, 3.05) is 5.12 Å². The topological polar surface area (TPSA) is 27.6 Å². The van der Waals surface area contributed by atoms with Crippen LogP contribution in [-0.4, -0.2) is 6.21 Å². The van der Waals surface area contributed by atoms with Gasteiger partial charge in [-0.05, 0) is 23.3 Å². The van der Waals surface area contributed by atoms with Gasteiger partial charge < -0.3 is 0 Å². The number of hydrogen-bond donors (Lipinski definition) is 1. The highest BCUT2D eigenvalue weighted by molar-refractivity contribution is 5.82. The van der Waals surface area contributed by atoms with E-state index in [9.17, 15) is 0 Å². The average Bonchev–Trinajstić information content (AvgIpc) is 3.11. The van der Waals surface area contributed by atoms with Crippen molar-refractivity contribution >= 4 is 11.9 Å². The number of hydrazone groups is 1. The maximum Gasteiger partial charge on any atom is 0.126 e. The highest BCUT2D eigenvalue weighted by Crippen LogP contribution is 2.33. The van der Waals surface area contributed by atoms with Crippen molar-refractivity contribution < 1.29 is 0 Å². The van der Waals surface area contributed by atoms with Gasteiger partial charge in [0, 0.05) is 0 Å². The standard InChI is InChI=1S/C20H17N3/c1-4-10-17(11-5-1)20(18-12-6-2-7-13-18)16-21-23(22-20)19-14-8-3-9-15-19/h1-16,22H. The Balaban J connectivity index is 1.79. The molecule has 4 rings (SSSR count). The van der Waals surface area contributed by atoms with Crippen molar-refractivity contribution in [3.8, 4) is 0 Å². The zero-order valence-corrected chi connectivity index (χ0v) is 12.6. The van der Waals surface area contributed by atoms with Crippen LogP contribution in [-0.2, 0) is 5.54 Å². The van der Waals surface area contributed by atoms with E-state index in [2.05, 4.69) is 59.1 Å². The van der Waals surface area contributed by atoms with Gasteiger partial charge in [-0.25, -0.2) is 0 Å². The molecule has 0 fully saturated rings. The molecule has 1 heterocycles. The molecule has 112 valence electrons. The molecule has 23 heavy (non-hydrogen) atoms. The number of anilines is 1. The van der Waals surface area contributed by atoms with Gasteiger partial charge in [0.25, 0.3) is 0 Å². The summed E-state index contributed by atoms with van der Waals surface area (Å²) >= 11 is 0. The first kappa shape index (κ1) is 13.7. The van der Waals surface area contributed by atoms with Crippen LogP contribution in [0.2, 0.25) is 0 Å². The van der Waals surface area contributed by atoms with E-state index >= 15 is 0 Å². The summed E-state index contributed by atoms with van der Waals surface area (Å²) < 4.78 is 0. The molecule has 0 saturated heterocycles. The second-order valence-electron chi connectivity index (χ2n) is 5.54. The predicted molar refractivity (Wildman–Crippen MR) is 94.2 cm³/mol. The monoisotopic (exact) mass is 299 g/mol. The van der Waals surface area contributed by atoms with Gasteiger partial charge in [0.1, 0.15) is 5.54 Å². The third-order valence-electron chi connectivity index (χ3n) is 4.11. The van der Waals surface area contributed by atoms with Crippen LogP contribution < -0.4 is 10.5 Å². The van der Waals surface area contributed by atoms with Crippen molar-refractivity contribution in [3.63, 3.8) is 0 Å². The van der Waals surface area contributed by atoms with Gasteiger partial charge in [-0.1, -0.05) is 78.9 Å². The third kappa shape index (κ3) is 2.41. The predicted octanol–water partition coefficient (Wildman–Crippen LogP) is 3.94. The van der Waals surface area contributed by atoms with Gasteiger partial charge in [0.2, 0.25) is 0 Å². The molecule has 1 N–H and O–H groups in total. The number of hydrogen-bond acceptors (Lipinski definition) is 3. The quantitative estimate of drug-likeness (QED) is 0.793. The van der Waals surface area contributed by atoms with Crippen LogP contribution in [0.25, 0.3) is 0 Å². The van der Waals surface area contributed by atoms with Crippen LogP contribution in [0.3, 0.4) is 0 Å². The van der Waals surface area contributed by atoms with Crippen molar-refractivity contribution in [2.45, 2.75) is 5.54 Å². The third-order valence-corrected chi connectivity index (χ3v) is 4.11. The second-order valence-corrected chi connectivity index (χ2v) is 5.54. The molecule has 0 saturated carbocycles. The molecule has 3 aromatic rings. The first-order valence-corrected chi connectivity index (χ1v) is 7.68. The summed E-state index contributed by atoms with van der Waals surface area (Å²) in [7, 11) is 0. The fourth-order valence-corrected chi connectivity index (χ4v) is 2.92. The lowest BCUT2D eigenvalue weighted by Crippen LogP contribution is -2.46. The van der Waals surface area contributed by atoms with Crippen molar-refractivity contribution in [3.05, 3.63) is 102 Å². The maximum atomic E-state index is 4.61. The first-order chi connectivity index (χ1) is 11.4. The minimum atomic E-state index is -0.460. The van der Waals surface area contributed by atoms with Crippen molar-refractivity contribution in [2.24, 2.45) is 5.10 Å². The Morgan fingerprint density at radius 3 is 1.65 bits per heavy atom. The Morgan fingerprint density at radius 2 is 1.13 bits per heavy atom. The minimum absolute atomic E-state index is 0.460. The lowest BCUT2D eigenvalue weighted by Gasteiger charge is -2.30. The fraction of sp³-hybridized carbons (Fsp3) is 0.0500. The van der Waals surface area contributed by atoms with E-state index in [-0.39, 0.29) is 0 Å². The summed E-state index contributed by atoms with van der Waals surface area (Å²) in [6.07, 6.45) is 1.98. The zero-order chi connectivity index (χ0) is 15.5. The van der Waals surface area contributed by atoms with Crippen LogP contribution >= 0.6 is 0 Å². The normalized spacial score (nSPS) is 15.7. The van der Waals surface area contributed by atoms with E-state index in [1.807, 2.05) is 53.8 Å². The average molecular weight is 299 g/mol. The summed E-state index contributed by atoms with van der Waals surface area (Å²) in [6.45, 7) is 0. The Kier molecular flexibility index (Phi) is 3.41. The summed E-state index contributed by atoms with van der Waals surface area (Å²) in [5.74, 6) is 0. The van der Waals surface area contributed by atoms with E-state index in [0.717, 1.165) is 16.8 Å². The number of rotatable bonds is 3. The zero-order valence-electron chi connectivity index (χ0n) is 12.6. The van der Waals surface area contributed by atoms with Gasteiger partial charge in [0.15, 0.2) is 0 Å². The van der Waals surface area contributed by atoms with Crippen LogP contribution in [0.15, 0.2) is 96.1 Å². The van der Waals surface area contributed by atoms with E-state index < -0.39 is 5.54 Å². The minimum Gasteiger partial charge on any atom is -0.196 e. The molecule has 0 bridgehead atoms. The maximum absolute atomic E-state index is 4.61. The van der Waals surface area contributed by atoms with Crippen LogP contribution in [0.5, 0.6) is 0 Å². The SMILES string of the molecule is C1=NN(c2ccccc2)NC1(c1ccccc1)c1ccccc1. The highest BCUT2D eigenvalue weighted by Gasteiger charge is 2.38. The van der Waals surface area contributed by atoms with Crippen LogP contribution in [0, 0.1) is 0 Å². The summed E-state index contributed by atoms with van der Waals surface area (Å²) in [6, 6.07) is 30.9. The number of nitrogens with zero attached hydrogens (tertiary/aromatic N) is 2. The van der Waals surface area contributed by atoms with Gasteiger partial charge in [-0.15, -0.1) is 0 Å². The van der Waals surface area contributed by atoms with Crippen molar-refractivity contribution in [1.82, 2.24) is 5.43 Å². The lowest BCUT2D eigenvalue weighted by molar-refractivity contribution is 0.545. The summed E-state index contributed by atoms with van der Waals surface area (Å²) in [5, 5.41) is 6.44. The van der Waals surface area contributed by atoms with Gasteiger partial charge >= 0.3 is 0 Å². The largest absolute Gasteiger partial charge is 0.196 e. The molecule has 0 atom stereocenters. The number of benzene rings is 3. The molecule has 0 amide bonds. The Bertz CT molecular complexity index is 759. The first-order valence-electron chi connectivity index (χ1n) is 7.68. The van der Waals surface area contributed by atoms with Gasteiger partial charge in [-0.2, -0.15) is 15.6 Å². The summed E-state index contributed by atoms with van der Waals surface area (Å²) in [4.78, 5) is 0. The van der Waals surface area contributed by atoms with Crippen LogP contribution in [0.1, 0.15) is 11.1 Å². The number of para-hydroxylation sites is 1. The highest BCUT2D eigenvalue weighted by atomic mass is 15.7. The van der Waals surface area contributed by atoms with Crippen molar-refractivity contribution in [1.29, 1.82) is 0 Å². The molecule has 0 aromatic heterocycles. The smallest absolute Gasteiger partial charge is 0.126 e. The van der Waals surface area contributed by atoms with E-state index in [1.54, 1.807) is 0 Å². The lowest BCUT2D eigenvalue weighted by atomic mass is 9.85. The fourth-order valence-electron chi connectivity index (χ4n) is 2.92. The Morgan fingerprint density at radius 1 is 0.652 bits per heavy atom. The molecule has 0 spiro atoms. The second kappa shape index (κ2) is 5.71. The number of hydrazine groups is 1. The molecule has 0 unspecified atom stereocenters. The van der Waals surface area contributed by atoms with Crippen LogP contribution in [0.4, 0.5) is 5.69 Å². The molecule has 3 aromatic carbocycles. The van der Waals surface area contributed by atoms with E-state index in [0.29, 0.717) is 0 Å². The molecule has 3 heteroatoms. The Labute approximate surface area is 135 Å². The molecule has 0 radical (unpaired) electrons. The molecular formula is C20H17N3. The molecular weight excluding hydrogens is 282 g/mol.